The van der Waals surface area contributed by atoms with Crippen molar-refractivity contribution >= 4 is 23.6 Å². The molecule has 0 radical (unpaired) electrons. The molecule has 1 fully saturated rings. The summed E-state index contributed by atoms with van der Waals surface area (Å²) >= 11 is 0. The van der Waals surface area contributed by atoms with Crippen LogP contribution in [-0.2, 0) is 9.59 Å². The molecule has 110 valence electrons. The molecular weight excluding hydrogens is 315 g/mol. The molecule has 0 spiro atoms. The van der Waals surface area contributed by atoms with E-state index in [0.29, 0.717) is 0 Å². The van der Waals surface area contributed by atoms with E-state index in [9.17, 15) is 24.3 Å². The monoisotopic (exact) mass is 327 g/mol. The Bertz CT molecular complexity index is 673. The van der Waals surface area contributed by atoms with Crippen LogP contribution in [-0.4, -0.2) is 34.6 Å². The predicted molar refractivity (Wildman–Crippen MR) is 69.0 cm³/mol. The van der Waals surface area contributed by atoms with E-state index in [0.717, 1.165) is 4.90 Å². The number of hydrogen-bond acceptors (Lipinski definition) is 5. The second-order valence-electron chi connectivity index (χ2n) is 4.63. The molecule has 1 atom stereocenters. The normalized spacial score (nSPS) is 20.0. The first-order chi connectivity index (χ1) is 9.50. The van der Waals surface area contributed by atoms with Crippen molar-refractivity contribution in [1.82, 2.24) is 10.2 Å². The summed E-state index contributed by atoms with van der Waals surface area (Å²) in [7, 11) is 0. The number of amides is 4. The largest absolute Gasteiger partial charge is 1.00 e. The minimum Gasteiger partial charge on any atom is -0.872 e. The number of benzene rings is 1. The van der Waals surface area contributed by atoms with Gasteiger partial charge >= 0.3 is 51.4 Å². The fourth-order valence-corrected chi connectivity index (χ4v) is 2.48. The molecule has 22 heavy (non-hydrogen) atoms. The first kappa shape index (κ1) is 19.0. The minimum absolute atomic E-state index is 0. The van der Waals surface area contributed by atoms with Crippen LogP contribution in [0.4, 0.5) is 0 Å². The van der Waals surface area contributed by atoms with Crippen LogP contribution in [0.5, 0.6) is 5.75 Å². The van der Waals surface area contributed by atoms with Crippen molar-refractivity contribution in [3.8, 4) is 5.75 Å². The fraction of sp³-hybridized carbons (Fsp3) is 0.214. The molecule has 2 aliphatic heterocycles. The first-order valence-corrected chi connectivity index (χ1v) is 6.02. The Kier molecular flexibility index (Phi) is 6.05. The third-order valence-corrected chi connectivity index (χ3v) is 3.43. The topological polar surface area (TPSA) is 107 Å². The molecule has 0 bridgehead atoms. The third kappa shape index (κ3) is 2.89. The van der Waals surface area contributed by atoms with E-state index < -0.39 is 35.4 Å². The quantitative estimate of drug-likeness (QED) is 0.329. The van der Waals surface area contributed by atoms with Crippen LogP contribution in [0.15, 0.2) is 18.2 Å². The molecule has 1 unspecified atom stereocenters. The Morgan fingerprint density at radius 2 is 1.82 bits per heavy atom. The Balaban J connectivity index is 0.00000121. The van der Waals surface area contributed by atoms with Gasteiger partial charge in [-0.2, -0.15) is 0 Å². The molecule has 1 aromatic carbocycles. The van der Waals surface area contributed by atoms with Crippen molar-refractivity contribution in [2.75, 3.05) is 0 Å². The van der Waals surface area contributed by atoms with Crippen LogP contribution in [0.25, 0.3) is 0 Å². The second-order valence-corrected chi connectivity index (χ2v) is 4.63. The summed E-state index contributed by atoms with van der Waals surface area (Å²) in [5.74, 6) is -3.12. The van der Waals surface area contributed by atoms with E-state index in [1.54, 1.807) is 0 Å². The molecular formula is C14H12KN2O5-. The zero-order valence-electron chi connectivity index (χ0n) is 12.2. The standard InChI is InChI=1S/C13H10N2O5.CH3.K/c16-8-3-1-2-6-10(8)13(20)15(12(6)19)7-4-5-9(17)14-11(7)18;;/h1-3,7,16H,4-5H2,(H,14,17,18);1H3;/q;-1;+1/p-1. The van der Waals surface area contributed by atoms with E-state index in [2.05, 4.69) is 5.32 Å². The Morgan fingerprint density at radius 1 is 1.14 bits per heavy atom. The first-order valence-electron chi connectivity index (χ1n) is 6.02. The Hall–Kier alpha value is -1.06. The summed E-state index contributed by atoms with van der Waals surface area (Å²) in [5.41, 5.74) is -0.200. The van der Waals surface area contributed by atoms with E-state index in [1.165, 1.54) is 18.2 Å². The molecule has 0 aromatic heterocycles. The smallest absolute Gasteiger partial charge is 0.872 e. The molecule has 0 aliphatic carbocycles. The zero-order valence-corrected chi connectivity index (χ0v) is 15.3. The molecule has 1 saturated heterocycles. The summed E-state index contributed by atoms with van der Waals surface area (Å²) in [6.07, 6.45) is 0.123. The van der Waals surface area contributed by atoms with Crippen LogP contribution in [0.1, 0.15) is 33.6 Å². The molecule has 4 amide bonds. The maximum atomic E-state index is 12.2. The van der Waals surface area contributed by atoms with Gasteiger partial charge in [0.2, 0.25) is 11.8 Å². The molecule has 3 rings (SSSR count). The summed E-state index contributed by atoms with van der Waals surface area (Å²) < 4.78 is 0. The van der Waals surface area contributed by atoms with Gasteiger partial charge in [-0.1, -0.05) is 17.9 Å². The van der Waals surface area contributed by atoms with Crippen LogP contribution < -0.4 is 61.8 Å². The number of imide groups is 2. The fourth-order valence-electron chi connectivity index (χ4n) is 2.48. The average molecular weight is 327 g/mol. The van der Waals surface area contributed by atoms with Crippen molar-refractivity contribution < 1.29 is 75.7 Å². The number of rotatable bonds is 1. The average Bonchev–Trinajstić information content (AvgIpc) is 2.64. The number of nitrogens with zero attached hydrogens (tertiary/aromatic N) is 1. The van der Waals surface area contributed by atoms with Crippen LogP contribution >= 0.6 is 0 Å². The molecule has 0 saturated carbocycles. The predicted octanol–water partition coefficient (Wildman–Crippen LogP) is -3.38. The molecule has 7 nitrogen and oxygen atoms in total. The number of piperidine rings is 1. The van der Waals surface area contributed by atoms with Gasteiger partial charge in [0, 0.05) is 12.0 Å². The number of nitrogens with one attached hydrogen (secondary N) is 1. The molecule has 1 aromatic rings. The minimum atomic E-state index is -1.04. The van der Waals surface area contributed by atoms with E-state index in [-0.39, 0.29) is 82.8 Å². The number of hydrogen-bond donors (Lipinski definition) is 1. The van der Waals surface area contributed by atoms with Gasteiger partial charge in [0.1, 0.15) is 6.04 Å². The van der Waals surface area contributed by atoms with Gasteiger partial charge < -0.3 is 12.5 Å². The molecule has 1 N–H and O–H groups in total. The van der Waals surface area contributed by atoms with Crippen LogP contribution in [0.3, 0.4) is 0 Å². The van der Waals surface area contributed by atoms with Crippen molar-refractivity contribution in [1.29, 1.82) is 0 Å². The van der Waals surface area contributed by atoms with Crippen molar-refractivity contribution in [3.05, 3.63) is 36.8 Å². The van der Waals surface area contributed by atoms with Gasteiger partial charge in [-0.05, 0) is 12.5 Å². The summed E-state index contributed by atoms with van der Waals surface area (Å²) in [4.78, 5) is 48.0. The van der Waals surface area contributed by atoms with Gasteiger partial charge in [-0.25, -0.2) is 0 Å². The number of carbonyl (C=O) groups excluding carboxylic acids is 4. The third-order valence-electron chi connectivity index (χ3n) is 3.43. The van der Waals surface area contributed by atoms with Crippen molar-refractivity contribution in [2.24, 2.45) is 0 Å². The van der Waals surface area contributed by atoms with Gasteiger partial charge in [-0.3, -0.25) is 29.4 Å². The molecule has 2 aliphatic rings. The summed E-state index contributed by atoms with van der Waals surface area (Å²) in [5, 5.41) is 13.8. The van der Waals surface area contributed by atoms with E-state index in [4.69, 9.17) is 0 Å². The van der Waals surface area contributed by atoms with Crippen LogP contribution in [0, 0.1) is 7.43 Å². The maximum absolute atomic E-state index is 12.2. The van der Waals surface area contributed by atoms with Crippen LogP contribution in [0.2, 0.25) is 0 Å². The van der Waals surface area contributed by atoms with Crippen molar-refractivity contribution in [2.45, 2.75) is 18.9 Å². The Labute approximate surface area is 169 Å². The second kappa shape index (κ2) is 7.01. The van der Waals surface area contributed by atoms with Gasteiger partial charge in [0.05, 0.1) is 5.56 Å². The van der Waals surface area contributed by atoms with E-state index >= 15 is 0 Å². The SMILES string of the molecule is O=C1CCC(N2C(=O)c3cccc([O-])c3C2=O)C(=O)N1.[CH3-].[K+]. The Morgan fingerprint density at radius 3 is 2.41 bits per heavy atom. The van der Waals surface area contributed by atoms with Gasteiger partial charge in [0.25, 0.3) is 11.8 Å². The number of carbonyl (C=O) groups is 4. The van der Waals surface area contributed by atoms with Gasteiger partial charge in [0.15, 0.2) is 0 Å². The summed E-state index contributed by atoms with van der Waals surface area (Å²) in [6.45, 7) is 0. The molecule has 2 heterocycles. The van der Waals surface area contributed by atoms with Crippen molar-refractivity contribution in [3.63, 3.8) is 0 Å². The van der Waals surface area contributed by atoms with Gasteiger partial charge in [-0.15, -0.1) is 0 Å². The maximum Gasteiger partial charge on any atom is 1.00 e. The number of fused-ring (bicyclic) bond motifs is 1. The van der Waals surface area contributed by atoms with E-state index in [1.807, 2.05) is 0 Å². The summed E-state index contributed by atoms with van der Waals surface area (Å²) in [6, 6.07) is 2.92. The zero-order chi connectivity index (χ0) is 14.4. The molecule has 8 heteroatoms.